The summed E-state index contributed by atoms with van der Waals surface area (Å²) in [5.74, 6) is 0.145. The summed E-state index contributed by atoms with van der Waals surface area (Å²) in [7, 11) is 3.56. The fourth-order valence-corrected chi connectivity index (χ4v) is 1.79. The summed E-state index contributed by atoms with van der Waals surface area (Å²) in [6.45, 7) is 0. The van der Waals surface area contributed by atoms with Crippen molar-refractivity contribution < 1.29 is 4.79 Å². The lowest BCUT2D eigenvalue weighted by molar-refractivity contribution is -0.127. The normalized spacial score (nSPS) is 9.93. The van der Waals surface area contributed by atoms with E-state index in [0.717, 1.165) is 5.56 Å². The monoisotopic (exact) mass is 209 g/mol. The number of nitrogens with zero attached hydrogens (tertiary/aromatic N) is 1. The number of carbonyl (C=O) groups is 1. The Morgan fingerprint density at radius 3 is 2.57 bits per heavy atom. The van der Waals surface area contributed by atoms with Gasteiger partial charge in [0, 0.05) is 19.0 Å². The van der Waals surface area contributed by atoms with E-state index in [-0.39, 0.29) is 5.91 Å². The van der Waals surface area contributed by atoms with E-state index in [1.54, 1.807) is 30.8 Å². The van der Waals surface area contributed by atoms with Gasteiger partial charge in [0.15, 0.2) is 0 Å². The van der Waals surface area contributed by atoms with Gasteiger partial charge in [0.05, 0.1) is 6.42 Å². The lowest BCUT2D eigenvalue weighted by Crippen LogP contribution is -2.23. The van der Waals surface area contributed by atoms with Crippen molar-refractivity contribution in [2.75, 3.05) is 20.4 Å². The number of thioether (sulfide) groups is 1. The van der Waals surface area contributed by atoms with Crippen LogP contribution in [0.5, 0.6) is 0 Å². The molecule has 0 aliphatic rings. The maximum Gasteiger partial charge on any atom is 0.226 e. The number of amides is 1. The molecule has 2 nitrogen and oxygen atoms in total. The first-order valence-electron chi connectivity index (χ1n) is 4.47. The van der Waals surface area contributed by atoms with E-state index in [4.69, 9.17) is 0 Å². The van der Waals surface area contributed by atoms with Crippen LogP contribution in [0.4, 0.5) is 0 Å². The Morgan fingerprint density at radius 2 is 2.00 bits per heavy atom. The first-order chi connectivity index (χ1) is 6.65. The zero-order valence-corrected chi connectivity index (χ0v) is 9.60. The van der Waals surface area contributed by atoms with E-state index >= 15 is 0 Å². The van der Waals surface area contributed by atoms with Crippen LogP contribution < -0.4 is 0 Å². The zero-order chi connectivity index (χ0) is 10.6. The average molecular weight is 209 g/mol. The lowest BCUT2D eigenvalue weighted by atomic mass is 10.1. The third-order valence-corrected chi connectivity index (χ3v) is 2.87. The highest BCUT2D eigenvalue weighted by molar-refractivity contribution is 7.98. The predicted molar refractivity (Wildman–Crippen MR) is 60.6 cm³/mol. The molecule has 0 saturated carbocycles. The first-order valence-corrected chi connectivity index (χ1v) is 5.69. The molecule has 1 aromatic rings. The molecule has 1 rings (SSSR count). The summed E-state index contributed by atoms with van der Waals surface area (Å²) in [6.07, 6.45) is 2.52. The Bertz CT molecular complexity index is 323. The van der Waals surface area contributed by atoms with Crippen LogP contribution in [0, 0.1) is 0 Å². The number of rotatable bonds is 3. The van der Waals surface area contributed by atoms with E-state index in [1.807, 2.05) is 30.5 Å². The van der Waals surface area contributed by atoms with E-state index in [1.165, 1.54) is 4.90 Å². The third-order valence-electron chi connectivity index (χ3n) is 2.03. The van der Waals surface area contributed by atoms with Crippen LogP contribution in [-0.2, 0) is 11.2 Å². The van der Waals surface area contributed by atoms with Crippen molar-refractivity contribution in [2.45, 2.75) is 11.3 Å². The lowest BCUT2D eigenvalue weighted by Gasteiger charge is -2.11. The van der Waals surface area contributed by atoms with Gasteiger partial charge in [-0.1, -0.05) is 18.2 Å². The molecule has 0 radical (unpaired) electrons. The molecule has 1 amide bonds. The van der Waals surface area contributed by atoms with Crippen LogP contribution in [0.2, 0.25) is 0 Å². The van der Waals surface area contributed by atoms with E-state index in [2.05, 4.69) is 0 Å². The highest BCUT2D eigenvalue weighted by Gasteiger charge is 2.08. The summed E-state index contributed by atoms with van der Waals surface area (Å²) in [6, 6.07) is 8.02. The number of hydrogen-bond donors (Lipinski definition) is 0. The number of benzene rings is 1. The SMILES string of the molecule is CSc1ccccc1CC(=O)N(C)C. The minimum Gasteiger partial charge on any atom is -0.349 e. The third kappa shape index (κ3) is 2.77. The van der Waals surface area contributed by atoms with Gasteiger partial charge in [-0.2, -0.15) is 0 Å². The molecule has 1 aromatic carbocycles. The fourth-order valence-electron chi connectivity index (χ4n) is 1.17. The summed E-state index contributed by atoms with van der Waals surface area (Å²) in [5.41, 5.74) is 1.11. The van der Waals surface area contributed by atoms with Crippen molar-refractivity contribution >= 4 is 17.7 Å². The van der Waals surface area contributed by atoms with E-state index in [0.29, 0.717) is 6.42 Å². The minimum absolute atomic E-state index is 0.145. The Balaban J connectivity index is 2.80. The molecule has 0 N–H and O–H groups in total. The molecular weight excluding hydrogens is 194 g/mol. The maximum atomic E-state index is 11.5. The Hall–Kier alpha value is -0.960. The van der Waals surface area contributed by atoms with Crippen molar-refractivity contribution in [1.82, 2.24) is 4.90 Å². The second-order valence-electron chi connectivity index (χ2n) is 3.28. The van der Waals surface area contributed by atoms with Crippen LogP contribution in [-0.4, -0.2) is 31.2 Å². The molecule has 0 fully saturated rings. The molecule has 0 unspecified atom stereocenters. The second-order valence-corrected chi connectivity index (χ2v) is 4.12. The van der Waals surface area contributed by atoms with Gasteiger partial charge in [-0.3, -0.25) is 4.79 Å². The average Bonchev–Trinajstić information content (AvgIpc) is 2.18. The van der Waals surface area contributed by atoms with Crippen LogP contribution in [0.25, 0.3) is 0 Å². The highest BCUT2D eigenvalue weighted by Crippen LogP contribution is 2.20. The summed E-state index contributed by atoms with van der Waals surface area (Å²) >= 11 is 1.68. The van der Waals surface area contributed by atoms with Gasteiger partial charge in [0.1, 0.15) is 0 Å². The number of carbonyl (C=O) groups excluding carboxylic acids is 1. The summed E-state index contributed by atoms with van der Waals surface area (Å²) in [5, 5.41) is 0. The fraction of sp³-hybridized carbons (Fsp3) is 0.364. The molecule has 0 bridgehead atoms. The maximum absolute atomic E-state index is 11.5. The van der Waals surface area contributed by atoms with Gasteiger partial charge in [-0.25, -0.2) is 0 Å². The largest absolute Gasteiger partial charge is 0.349 e. The van der Waals surface area contributed by atoms with Gasteiger partial charge >= 0.3 is 0 Å². The minimum atomic E-state index is 0.145. The molecule has 14 heavy (non-hydrogen) atoms. The van der Waals surface area contributed by atoms with E-state index < -0.39 is 0 Å². The van der Waals surface area contributed by atoms with Gasteiger partial charge in [-0.15, -0.1) is 11.8 Å². The van der Waals surface area contributed by atoms with Crippen molar-refractivity contribution in [2.24, 2.45) is 0 Å². The van der Waals surface area contributed by atoms with Crippen molar-refractivity contribution in [3.63, 3.8) is 0 Å². The Labute approximate surface area is 89.3 Å². The molecule has 0 heterocycles. The molecule has 3 heteroatoms. The van der Waals surface area contributed by atoms with Crippen LogP contribution in [0.15, 0.2) is 29.2 Å². The standard InChI is InChI=1S/C11H15NOS/c1-12(2)11(13)8-9-6-4-5-7-10(9)14-3/h4-7H,8H2,1-3H3. The van der Waals surface area contributed by atoms with Crippen LogP contribution in [0.1, 0.15) is 5.56 Å². The topological polar surface area (TPSA) is 20.3 Å². The van der Waals surface area contributed by atoms with Gasteiger partial charge in [-0.05, 0) is 17.9 Å². The Morgan fingerprint density at radius 1 is 1.36 bits per heavy atom. The second kappa shape index (κ2) is 5.05. The summed E-state index contributed by atoms with van der Waals surface area (Å²) in [4.78, 5) is 14.3. The first kappa shape index (κ1) is 11.1. The predicted octanol–water partition coefficient (Wildman–Crippen LogP) is 2.04. The molecule has 0 aliphatic carbocycles. The molecule has 0 atom stereocenters. The number of likely N-dealkylation sites (N-methyl/N-ethyl adjacent to an activating group) is 1. The molecular formula is C11H15NOS. The quantitative estimate of drug-likeness (QED) is 0.710. The van der Waals surface area contributed by atoms with Crippen molar-refractivity contribution in [1.29, 1.82) is 0 Å². The molecule has 0 spiro atoms. The molecule has 76 valence electrons. The van der Waals surface area contributed by atoms with Crippen LogP contribution >= 0.6 is 11.8 Å². The van der Waals surface area contributed by atoms with Gasteiger partial charge in [0.2, 0.25) is 5.91 Å². The van der Waals surface area contributed by atoms with E-state index in [9.17, 15) is 4.79 Å². The molecule has 0 aliphatic heterocycles. The van der Waals surface area contributed by atoms with Crippen LogP contribution in [0.3, 0.4) is 0 Å². The summed E-state index contributed by atoms with van der Waals surface area (Å²) < 4.78 is 0. The van der Waals surface area contributed by atoms with Gasteiger partial charge < -0.3 is 4.90 Å². The number of hydrogen-bond acceptors (Lipinski definition) is 2. The zero-order valence-electron chi connectivity index (χ0n) is 8.78. The Kier molecular flexibility index (Phi) is 4.01. The van der Waals surface area contributed by atoms with Gasteiger partial charge in [0.25, 0.3) is 0 Å². The smallest absolute Gasteiger partial charge is 0.226 e. The highest BCUT2D eigenvalue weighted by atomic mass is 32.2. The van der Waals surface area contributed by atoms with Crippen molar-refractivity contribution in [3.8, 4) is 0 Å². The molecule has 0 aromatic heterocycles. The molecule has 0 saturated heterocycles. The van der Waals surface area contributed by atoms with Crippen molar-refractivity contribution in [3.05, 3.63) is 29.8 Å².